The maximum atomic E-state index is 9.38. The number of nitrogens with one attached hydrogen (secondary N) is 1. The predicted octanol–water partition coefficient (Wildman–Crippen LogP) is 4.61. The lowest BCUT2D eigenvalue weighted by atomic mass is 9.99. The van der Waals surface area contributed by atoms with Gasteiger partial charge in [0.2, 0.25) is 0 Å². The fourth-order valence-corrected chi connectivity index (χ4v) is 5.58. The second-order valence-corrected chi connectivity index (χ2v) is 8.95. The van der Waals surface area contributed by atoms with E-state index in [-0.39, 0.29) is 6.61 Å². The lowest BCUT2D eigenvalue weighted by Gasteiger charge is -2.28. The van der Waals surface area contributed by atoms with Crippen LogP contribution in [0.25, 0.3) is 16.5 Å². The van der Waals surface area contributed by atoms with E-state index in [0.717, 1.165) is 42.1 Å². The summed E-state index contributed by atoms with van der Waals surface area (Å²) in [7, 11) is 0. The lowest BCUT2D eigenvalue weighted by molar-refractivity contribution is 0.282. The zero-order valence-electron chi connectivity index (χ0n) is 16.1. The van der Waals surface area contributed by atoms with E-state index in [2.05, 4.69) is 52.5 Å². The zero-order chi connectivity index (χ0) is 18.9. The Balaban J connectivity index is 1.15. The van der Waals surface area contributed by atoms with Crippen molar-refractivity contribution < 1.29 is 5.11 Å². The Morgan fingerprint density at radius 3 is 3.00 bits per heavy atom. The number of rotatable bonds is 6. The van der Waals surface area contributed by atoms with E-state index >= 15 is 0 Å². The number of fused-ring (bicyclic) bond motifs is 3. The molecule has 5 rings (SSSR count). The van der Waals surface area contributed by atoms with Gasteiger partial charge in [0.25, 0.3) is 0 Å². The molecule has 1 aliphatic heterocycles. The Bertz CT molecular complexity index is 1040. The van der Waals surface area contributed by atoms with E-state index in [1.807, 2.05) is 17.8 Å². The summed E-state index contributed by atoms with van der Waals surface area (Å²) in [6.45, 7) is 3.57. The van der Waals surface area contributed by atoms with Crippen LogP contribution in [0, 0.1) is 0 Å². The fraction of sp³-hybridized carbons (Fsp3) is 0.333. The number of aromatic nitrogens is 1. The van der Waals surface area contributed by atoms with Crippen molar-refractivity contribution in [2.75, 3.05) is 25.4 Å². The molecular formula is C24H26N2OS. The number of hydrogen-bond acceptors (Lipinski definition) is 3. The third-order valence-electron chi connectivity index (χ3n) is 6.09. The van der Waals surface area contributed by atoms with Gasteiger partial charge in [0.15, 0.2) is 0 Å². The van der Waals surface area contributed by atoms with Gasteiger partial charge < -0.3 is 10.1 Å². The Hall–Kier alpha value is -2.01. The van der Waals surface area contributed by atoms with Crippen LogP contribution in [0.5, 0.6) is 0 Å². The summed E-state index contributed by atoms with van der Waals surface area (Å²) in [4.78, 5) is 5.97. The van der Waals surface area contributed by atoms with Gasteiger partial charge in [0.1, 0.15) is 0 Å². The SMILES string of the molecule is OCc1ccc2[nH]cc(CSCCN3CCC4=C(Cc5ccccc54)C3)c2c1. The minimum Gasteiger partial charge on any atom is -0.392 e. The van der Waals surface area contributed by atoms with Gasteiger partial charge in [-0.2, -0.15) is 11.8 Å². The molecule has 2 N–H and O–H groups in total. The number of thioether (sulfide) groups is 1. The minimum absolute atomic E-state index is 0.102. The highest BCUT2D eigenvalue weighted by molar-refractivity contribution is 7.98. The first kappa shape index (κ1) is 18.0. The van der Waals surface area contributed by atoms with Crippen molar-refractivity contribution in [1.82, 2.24) is 9.88 Å². The molecule has 0 atom stereocenters. The highest BCUT2D eigenvalue weighted by Crippen LogP contribution is 2.37. The van der Waals surface area contributed by atoms with Gasteiger partial charge in [-0.15, -0.1) is 0 Å². The van der Waals surface area contributed by atoms with Gasteiger partial charge in [-0.25, -0.2) is 0 Å². The number of aromatic amines is 1. The largest absolute Gasteiger partial charge is 0.392 e. The van der Waals surface area contributed by atoms with E-state index in [1.165, 1.54) is 35.0 Å². The van der Waals surface area contributed by atoms with Crippen molar-refractivity contribution in [3.8, 4) is 0 Å². The molecule has 1 aromatic heterocycles. The number of aliphatic hydroxyl groups is 1. The first-order valence-electron chi connectivity index (χ1n) is 10.1. The normalized spacial score (nSPS) is 16.6. The quantitative estimate of drug-likeness (QED) is 0.604. The van der Waals surface area contributed by atoms with Crippen LogP contribution in [-0.4, -0.2) is 40.4 Å². The molecule has 3 aromatic rings. The summed E-state index contributed by atoms with van der Waals surface area (Å²) in [5.41, 5.74) is 9.77. The molecule has 0 saturated heterocycles. The van der Waals surface area contributed by atoms with Crippen LogP contribution < -0.4 is 0 Å². The van der Waals surface area contributed by atoms with Crippen molar-refractivity contribution in [2.24, 2.45) is 0 Å². The Kier molecular flexibility index (Phi) is 5.02. The number of aliphatic hydroxyl groups excluding tert-OH is 1. The van der Waals surface area contributed by atoms with Crippen LogP contribution in [0.2, 0.25) is 0 Å². The van der Waals surface area contributed by atoms with Crippen molar-refractivity contribution >= 4 is 28.2 Å². The van der Waals surface area contributed by atoms with Gasteiger partial charge in [0.05, 0.1) is 6.61 Å². The third-order valence-corrected chi connectivity index (χ3v) is 7.08. The Morgan fingerprint density at radius 2 is 2.07 bits per heavy atom. The summed E-state index contributed by atoms with van der Waals surface area (Å²) in [5.74, 6) is 2.17. The monoisotopic (exact) mass is 390 g/mol. The molecule has 144 valence electrons. The standard InChI is InChI=1S/C24H26N2OS/c27-15-17-5-6-24-23(11-17)20(13-25-24)16-28-10-9-26-8-7-22-19(14-26)12-18-3-1-2-4-21(18)22/h1-6,11,13,25,27H,7-10,12,14-16H2. The van der Waals surface area contributed by atoms with E-state index < -0.39 is 0 Å². The molecule has 4 heteroatoms. The van der Waals surface area contributed by atoms with Gasteiger partial charge in [-0.1, -0.05) is 30.3 Å². The molecule has 2 heterocycles. The molecule has 28 heavy (non-hydrogen) atoms. The average Bonchev–Trinajstić information content (AvgIpc) is 3.31. The van der Waals surface area contributed by atoms with E-state index in [1.54, 1.807) is 11.1 Å². The number of hydrogen-bond donors (Lipinski definition) is 2. The summed E-state index contributed by atoms with van der Waals surface area (Å²) in [6.07, 6.45) is 4.47. The molecule has 2 aromatic carbocycles. The summed E-state index contributed by atoms with van der Waals surface area (Å²) >= 11 is 2.01. The average molecular weight is 391 g/mol. The van der Waals surface area contributed by atoms with Crippen LogP contribution in [0.15, 0.2) is 54.2 Å². The number of benzene rings is 2. The first-order valence-corrected chi connectivity index (χ1v) is 11.3. The van der Waals surface area contributed by atoms with Gasteiger partial charge in [0, 0.05) is 48.2 Å². The molecular weight excluding hydrogens is 364 g/mol. The molecule has 1 aliphatic carbocycles. The zero-order valence-corrected chi connectivity index (χ0v) is 16.9. The van der Waals surface area contributed by atoms with Crippen LogP contribution >= 0.6 is 11.8 Å². The molecule has 0 amide bonds. The smallest absolute Gasteiger partial charge is 0.0682 e. The van der Waals surface area contributed by atoms with Crippen LogP contribution in [0.3, 0.4) is 0 Å². The Morgan fingerprint density at radius 1 is 1.14 bits per heavy atom. The highest BCUT2D eigenvalue weighted by atomic mass is 32.2. The van der Waals surface area contributed by atoms with Crippen LogP contribution in [0.1, 0.15) is 28.7 Å². The maximum absolute atomic E-state index is 9.38. The molecule has 0 unspecified atom stereocenters. The van der Waals surface area contributed by atoms with Gasteiger partial charge in [-0.3, -0.25) is 4.90 Å². The lowest BCUT2D eigenvalue weighted by Crippen LogP contribution is -2.32. The molecule has 0 radical (unpaired) electrons. The fourth-order valence-electron chi connectivity index (χ4n) is 4.59. The van der Waals surface area contributed by atoms with Crippen molar-refractivity contribution in [2.45, 2.75) is 25.2 Å². The Labute approximate surface area is 170 Å². The summed E-state index contributed by atoms with van der Waals surface area (Å²) in [6, 6.07) is 15.1. The van der Waals surface area contributed by atoms with Crippen LogP contribution in [0.4, 0.5) is 0 Å². The van der Waals surface area contributed by atoms with Gasteiger partial charge in [-0.05, 0) is 58.4 Å². The maximum Gasteiger partial charge on any atom is 0.0682 e. The predicted molar refractivity (Wildman–Crippen MR) is 119 cm³/mol. The first-order chi connectivity index (χ1) is 13.8. The summed E-state index contributed by atoms with van der Waals surface area (Å²) < 4.78 is 0. The van der Waals surface area contributed by atoms with Crippen molar-refractivity contribution in [3.05, 3.63) is 76.5 Å². The third kappa shape index (κ3) is 3.41. The number of nitrogens with zero attached hydrogens (tertiary/aromatic N) is 1. The van der Waals surface area contributed by atoms with E-state index in [0.29, 0.717) is 0 Å². The minimum atomic E-state index is 0.102. The molecule has 0 saturated carbocycles. The summed E-state index contributed by atoms with van der Waals surface area (Å²) in [5, 5.41) is 10.6. The topological polar surface area (TPSA) is 39.3 Å². The van der Waals surface area contributed by atoms with E-state index in [9.17, 15) is 5.11 Å². The number of H-pyrrole nitrogens is 1. The van der Waals surface area contributed by atoms with E-state index in [4.69, 9.17) is 0 Å². The van der Waals surface area contributed by atoms with Crippen molar-refractivity contribution in [1.29, 1.82) is 0 Å². The highest BCUT2D eigenvalue weighted by Gasteiger charge is 2.26. The molecule has 0 bridgehead atoms. The van der Waals surface area contributed by atoms with Crippen LogP contribution in [-0.2, 0) is 18.8 Å². The van der Waals surface area contributed by atoms with Crippen molar-refractivity contribution in [3.63, 3.8) is 0 Å². The molecule has 0 spiro atoms. The molecule has 0 fully saturated rings. The molecule has 2 aliphatic rings. The molecule has 3 nitrogen and oxygen atoms in total. The second kappa shape index (κ2) is 7.78. The van der Waals surface area contributed by atoms with Gasteiger partial charge >= 0.3 is 0 Å². The second-order valence-electron chi connectivity index (χ2n) is 7.85.